The number of halogens is 1. The van der Waals surface area contributed by atoms with E-state index in [1.54, 1.807) is 18.2 Å². The first-order valence-corrected chi connectivity index (χ1v) is 6.30. The van der Waals surface area contributed by atoms with Crippen LogP contribution < -0.4 is 4.74 Å². The highest BCUT2D eigenvalue weighted by atomic mass is 35.5. The Morgan fingerprint density at radius 2 is 1.90 bits per heavy atom. The largest absolute Gasteiger partial charge is 0.456 e. The number of aryl methyl sites for hydroxylation is 1. The second-order valence-corrected chi connectivity index (χ2v) is 4.35. The van der Waals surface area contributed by atoms with E-state index in [2.05, 4.69) is 11.1 Å². The Bertz CT molecular complexity index is 684. The highest BCUT2D eigenvalue weighted by Crippen LogP contribution is 2.28. The zero-order chi connectivity index (χ0) is 14.4. The number of rotatable bonds is 4. The van der Waals surface area contributed by atoms with Gasteiger partial charge in [-0.15, -0.1) is 0 Å². The van der Waals surface area contributed by atoms with Crippen LogP contribution >= 0.6 is 11.6 Å². The molecular weight excluding hydrogens is 274 g/mol. The van der Waals surface area contributed by atoms with Gasteiger partial charge in [-0.25, -0.2) is 4.98 Å². The molecule has 0 fully saturated rings. The lowest BCUT2D eigenvalue weighted by atomic mass is 10.1. The first-order valence-electron chi connectivity index (χ1n) is 5.93. The minimum Gasteiger partial charge on any atom is -0.456 e. The van der Waals surface area contributed by atoms with E-state index in [1.165, 1.54) is 6.20 Å². The molecule has 2 rings (SSSR count). The maximum atomic E-state index is 9.03. The normalized spacial score (nSPS) is 9.55. The fourth-order valence-corrected chi connectivity index (χ4v) is 1.85. The number of pyridine rings is 1. The molecule has 0 aliphatic heterocycles. The van der Waals surface area contributed by atoms with Gasteiger partial charge in [0.1, 0.15) is 23.1 Å². The molecule has 1 heterocycles. The van der Waals surface area contributed by atoms with Gasteiger partial charge in [-0.2, -0.15) is 10.5 Å². The number of hydrogen-bond donors (Lipinski definition) is 0. The first kappa shape index (κ1) is 13.9. The molecule has 0 saturated carbocycles. The molecule has 0 aliphatic carbocycles. The number of nitrogens with zero attached hydrogens (tertiary/aromatic N) is 3. The molecule has 0 aliphatic rings. The number of hydrogen-bond acceptors (Lipinski definition) is 4. The van der Waals surface area contributed by atoms with Crippen molar-refractivity contribution in [3.8, 4) is 23.6 Å². The molecule has 5 heteroatoms. The quantitative estimate of drug-likeness (QED) is 0.799. The van der Waals surface area contributed by atoms with Crippen LogP contribution in [0.1, 0.15) is 17.5 Å². The van der Waals surface area contributed by atoms with Gasteiger partial charge in [0, 0.05) is 18.7 Å². The topological polar surface area (TPSA) is 69.7 Å². The number of aromatic nitrogens is 1. The van der Waals surface area contributed by atoms with Gasteiger partial charge in [0.25, 0.3) is 0 Å². The first-order chi connectivity index (χ1) is 9.74. The molecule has 1 aromatic carbocycles. The summed E-state index contributed by atoms with van der Waals surface area (Å²) in [5.41, 5.74) is 1.27. The smallest absolute Gasteiger partial charge is 0.150 e. The van der Waals surface area contributed by atoms with E-state index >= 15 is 0 Å². The fourth-order valence-electron chi connectivity index (χ4n) is 1.66. The molecular formula is C15H10ClN3O. The molecule has 2 aromatic rings. The van der Waals surface area contributed by atoms with Gasteiger partial charge in [-0.05, 0) is 24.1 Å². The van der Waals surface area contributed by atoms with E-state index < -0.39 is 0 Å². The Balaban J connectivity index is 2.17. The van der Waals surface area contributed by atoms with E-state index in [4.69, 9.17) is 26.9 Å². The van der Waals surface area contributed by atoms with E-state index in [1.807, 2.05) is 18.2 Å². The van der Waals surface area contributed by atoms with Gasteiger partial charge >= 0.3 is 0 Å². The third-order valence-corrected chi connectivity index (χ3v) is 2.94. The monoisotopic (exact) mass is 283 g/mol. The molecule has 0 amide bonds. The standard InChI is InChI=1S/C15H10ClN3O/c16-15-13(10-18)14(7-9-19-15)20-12-5-3-11(4-6-12)2-1-8-17/h3-7,9H,1-2H2. The highest BCUT2D eigenvalue weighted by molar-refractivity contribution is 6.30. The molecule has 0 bridgehead atoms. The second kappa shape index (κ2) is 6.56. The van der Waals surface area contributed by atoms with Crippen LogP contribution in [-0.4, -0.2) is 4.98 Å². The van der Waals surface area contributed by atoms with Gasteiger partial charge in [-0.1, -0.05) is 23.7 Å². The summed E-state index contributed by atoms with van der Waals surface area (Å²) in [5.74, 6) is 0.974. The molecule has 0 N–H and O–H groups in total. The van der Waals surface area contributed by atoms with Crippen molar-refractivity contribution in [2.75, 3.05) is 0 Å². The van der Waals surface area contributed by atoms with Crippen LogP contribution in [0.2, 0.25) is 5.15 Å². The van der Waals surface area contributed by atoms with Gasteiger partial charge in [-0.3, -0.25) is 0 Å². The van der Waals surface area contributed by atoms with Crippen molar-refractivity contribution in [1.29, 1.82) is 10.5 Å². The van der Waals surface area contributed by atoms with Crippen LogP contribution in [0.5, 0.6) is 11.5 Å². The van der Waals surface area contributed by atoms with Gasteiger partial charge < -0.3 is 4.74 Å². The average molecular weight is 284 g/mol. The predicted molar refractivity (Wildman–Crippen MR) is 74.4 cm³/mol. The van der Waals surface area contributed by atoms with Crippen LogP contribution in [0.15, 0.2) is 36.5 Å². The maximum absolute atomic E-state index is 9.03. The van der Waals surface area contributed by atoms with Gasteiger partial charge in [0.2, 0.25) is 0 Å². The third kappa shape index (κ3) is 3.26. The molecule has 0 spiro atoms. The average Bonchev–Trinajstić information content (AvgIpc) is 2.47. The molecule has 0 saturated heterocycles. The summed E-state index contributed by atoms with van der Waals surface area (Å²) in [5, 5.41) is 17.7. The summed E-state index contributed by atoms with van der Waals surface area (Å²) < 4.78 is 5.63. The van der Waals surface area contributed by atoms with Crippen molar-refractivity contribution in [1.82, 2.24) is 4.98 Å². The number of nitriles is 2. The maximum Gasteiger partial charge on any atom is 0.150 e. The Morgan fingerprint density at radius 3 is 2.55 bits per heavy atom. The van der Waals surface area contributed by atoms with E-state index in [0.717, 1.165) is 5.56 Å². The highest BCUT2D eigenvalue weighted by Gasteiger charge is 2.09. The zero-order valence-electron chi connectivity index (χ0n) is 10.5. The molecule has 0 radical (unpaired) electrons. The molecule has 20 heavy (non-hydrogen) atoms. The molecule has 0 atom stereocenters. The number of benzene rings is 1. The Hall–Kier alpha value is -2.56. The minimum atomic E-state index is 0.121. The lowest BCUT2D eigenvalue weighted by Gasteiger charge is -2.08. The van der Waals surface area contributed by atoms with Crippen LogP contribution in [0.25, 0.3) is 0 Å². The minimum absolute atomic E-state index is 0.121. The van der Waals surface area contributed by atoms with Crippen LogP contribution in [0, 0.1) is 22.7 Å². The lowest BCUT2D eigenvalue weighted by molar-refractivity contribution is 0.480. The molecule has 4 nitrogen and oxygen atoms in total. The van der Waals surface area contributed by atoms with Crippen LogP contribution in [-0.2, 0) is 6.42 Å². The molecule has 1 aromatic heterocycles. The summed E-state index contributed by atoms with van der Waals surface area (Å²) >= 11 is 5.83. The summed E-state index contributed by atoms with van der Waals surface area (Å²) in [6.07, 6.45) is 2.68. The van der Waals surface area contributed by atoms with E-state index in [-0.39, 0.29) is 10.7 Å². The summed E-state index contributed by atoms with van der Waals surface area (Å²) in [6, 6.07) is 13.0. The Kier molecular flexibility index (Phi) is 4.55. The van der Waals surface area contributed by atoms with Crippen molar-refractivity contribution in [3.63, 3.8) is 0 Å². The van der Waals surface area contributed by atoms with Gasteiger partial charge in [0.05, 0.1) is 6.07 Å². The third-order valence-electron chi connectivity index (χ3n) is 2.65. The zero-order valence-corrected chi connectivity index (χ0v) is 11.3. The summed E-state index contributed by atoms with van der Waals surface area (Å²) in [4.78, 5) is 3.83. The van der Waals surface area contributed by atoms with Crippen molar-refractivity contribution < 1.29 is 4.74 Å². The predicted octanol–water partition coefficient (Wildman–Crippen LogP) is 3.86. The Labute approximate surface area is 121 Å². The number of ether oxygens (including phenoxy) is 1. The van der Waals surface area contributed by atoms with Crippen LogP contribution in [0.3, 0.4) is 0 Å². The van der Waals surface area contributed by atoms with Crippen molar-refractivity contribution in [2.24, 2.45) is 0 Å². The second-order valence-electron chi connectivity index (χ2n) is 3.99. The van der Waals surface area contributed by atoms with E-state index in [0.29, 0.717) is 24.3 Å². The van der Waals surface area contributed by atoms with E-state index in [9.17, 15) is 0 Å². The Morgan fingerprint density at radius 1 is 1.15 bits per heavy atom. The molecule has 0 unspecified atom stereocenters. The SMILES string of the molecule is N#CCCc1ccc(Oc2ccnc(Cl)c2C#N)cc1. The van der Waals surface area contributed by atoms with Crippen molar-refractivity contribution in [2.45, 2.75) is 12.8 Å². The molecule has 98 valence electrons. The van der Waals surface area contributed by atoms with Crippen molar-refractivity contribution >= 4 is 11.6 Å². The van der Waals surface area contributed by atoms with Gasteiger partial charge in [0.15, 0.2) is 5.15 Å². The van der Waals surface area contributed by atoms with Crippen LogP contribution in [0.4, 0.5) is 0 Å². The lowest BCUT2D eigenvalue weighted by Crippen LogP contribution is -1.91. The summed E-state index contributed by atoms with van der Waals surface area (Å²) in [7, 11) is 0. The van der Waals surface area contributed by atoms with Crippen molar-refractivity contribution in [3.05, 3.63) is 52.8 Å². The fraction of sp³-hybridized carbons (Fsp3) is 0.133. The summed E-state index contributed by atoms with van der Waals surface area (Å²) in [6.45, 7) is 0.